The Morgan fingerprint density at radius 3 is 2.31 bits per heavy atom. The average Bonchev–Trinajstić information content (AvgIpc) is 2.93. The van der Waals surface area contributed by atoms with Crippen molar-refractivity contribution in [2.24, 2.45) is 5.41 Å². The van der Waals surface area contributed by atoms with E-state index in [0.29, 0.717) is 39.0 Å². The van der Waals surface area contributed by atoms with Crippen LogP contribution in [0.3, 0.4) is 0 Å². The minimum Gasteiger partial charge on any atom is -0.507 e. The molecule has 0 saturated carbocycles. The molecule has 0 bridgehead atoms. The van der Waals surface area contributed by atoms with Crippen molar-refractivity contribution in [1.82, 2.24) is 0 Å². The lowest BCUT2D eigenvalue weighted by molar-refractivity contribution is -0.112. The van der Waals surface area contributed by atoms with E-state index in [1.807, 2.05) is 38.1 Å². The lowest BCUT2D eigenvalue weighted by atomic mass is 9.80. The molecule has 5 N–H and O–H groups in total. The zero-order valence-corrected chi connectivity index (χ0v) is 21.5. The predicted molar refractivity (Wildman–Crippen MR) is 152 cm³/mol. The quantitative estimate of drug-likeness (QED) is 0.162. The van der Waals surface area contributed by atoms with Crippen LogP contribution in [0.5, 0.6) is 5.75 Å². The number of nitrogen functional groups attached to an aromatic ring is 1. The van der Waals surface area contributed by atoms with Crippen LogP contribution < -0.4 is 16.4 Å². The molecule has 0 radical (unpaired) electrons. The zero-order chi connectivity index (χ0) is 28.0. The van der Waals surface area contributed by atoms with E-state index in [1.165, 1.54) is 6.08 Å². The Bertz CT molecular complexity index is 1590. The molecule has 0 saturated heterocycles. The summed E-state index contributed by atoms with van der Waals surface area (Å²) in [4.78, 5) is 25.8. The largest absolute Gasteiger partial charge is 0.507 e. The highest BCUT2D eigenvalue weighted by molar-refractivity contribution is 6.01. The van der Waals surface area contributed by atoms with Crippen LogP contribution in [0, 0.1) is 16.7 Å². The molecule has 2 amide bonds. The molecular weight excluding hydrogens is 492 g/mol. The molecule has 0 spiro atoms. The third kappa shape index (κ3) is 6.35. The fraction of sp³-hybridized carbons (Fsp3) is 0.129. The summed E-state index contributed by atoms with van der Waals surface area (Å²) in [5.41, 5.74) is 7.57. The number of carbonyl (C=O) groups is 2. The van der Waals surface area contributed by atoms with Gasteiger partial charge in [-0.3, -0.25) is 10.1 Å². The molecule has 1 atom stereocenters. The van der Waals surface area contributed by atoms with Crippen LogP contribution in [0.2, 0.25) is 0 Å². The number of anilines is 3. The molecule has 0 aliphatic carbocycles. The number of amides is 2. The number of hydrogen-bond donors (Lipinski definition) is 4. The number of ether oxygens (including phenoxy) is 1. The van der Waals surface area contributed by atoms with Gasteiger partial charge in [0.15, 0.2) is 0 Å². The molecule has 39 heavy (non-hydrogen) atoms. The zero-order valence-electron chi connectivity index (χ0n) is 21.5. The number of phenolic OH excluding ortho intramolecular Hbond substituents is 1. The van der Waals surface area contributed by atoms with E-state index in [-0.39, 0.29) is 5.75 Å². The van der Waals surface area contributed by atoms with E-state index < -0.39 is 23.5 Å². The van der Waals surface area contributed by atoms with Crippen LogP contribution in [0.1, 0.15) is 31.1 Å². The number of benzene rings is 4. The number of nitrogens with one attached hydrogen (secondary N) is 2. The molecule has 0 heterocycles. The van der Waals surface area contributed by atoms with Crippen molar-refractivity contribution in [1.29, 1.82) is 5.26 Å². The molecule has 4 aromatic carbocycles. The number of nitrogens with two attached hydrogens (primary N) is 1. The SMILES string of the molecule is CC(C)(/C=C/C(=O)Nc1ccccc1N)[C@@H](OC(=O)Nc1ccc(C#N)cc1)c1ccc(O)c2ccccc12. The standard InChI is InChI=1S/C31H28N4O4/c1-31(2,18-17-28(37)35-26-10-6-5-9-25(26)33)29(24-15-16-27(36)23-8-4-3-7-22(23)24)39-30(38)34-21-13-11-20(19-32)12-14-21/h3-18,29,36H,33H2,1-2H3,(H,34,38)(H,35,37)/b18-17+/t29-/m0/s1. The number of fused-ring (bicyclic) bond motifs is 1. The van der Waals surface area contributed by atoms with E-state index in [9.17, 15) is 14.7 Å². The maximum atomic E-state index is 13.1. The number of nitriles is 1. The summed E-state index contributed by atoms with van der Waals surface area (Å²) in [5, 5.41) is 26.2. The molecule has 0 unspecified atom stereocenters. The Morgan fingerprint density at radius 1 is 0.949 bits per heavy atom. The van der Waals surface area contributed by atoms with Gasteiger partial charge in [0, 0.05) is 22.1 Å². The minimum absolute atomic E-state index is 0.100. The topological polar surface area (TPSA) is 137 Å². The maximum Gasteiger partial charge on any atom is 0.412 e. The molecule has 0 aliphatic rings. The second kappa shape index (κ2) is 11.4. The first-order valence-electron chi connectivity index (χ1n) is 12.2. The van der Waals surface area contributed by atoms with Gasteiger partial charge in [-0.1, -0.05) is 62.4 Å². The molecule has 4 aromatic rings. The third-order valence-electron chi connectivity index (χ3n) is 6.26. The maximum absolute atomic E-state index is 13.1. The Hall–Kier alpha value is -5.29. The lowest BCUT2D eigenvalue weighted by Crippen LogP contribution is -2.28. The third-order valence-corrected chi connectivity index (χ3v) is 6.26. The summed E-state index contributed by atoms with van der Waals surface area (Å²) in [6.07, 6.45) is 1.48. The Labute approximate surface area is 226 Å². The van der Waals surface area contributed by atoms with Gasteiger partial charge < -0.3 is 20.9 Å². The average molecular weight is 521 g/mol. The van der Waals surface area contributed by atoms with Gasteiger partial charge in [0.1, 0.15) is 11.9 Å². The second-order valence-corrected chi connectivity index (χ2v) is 9.55. The van der Waals surface area contributed by atoms with Crippen molar-refractivity contribution < 1.29 is 19.4 Å². The van der Waals surface area contributed by atoms with E-state index in [2.05, 4.69) is 10.6 Å². The van der Waals surface area contributed by atoms with E-state index in [4.69, 9.17) is 15.7 Å². The summed E-state index contributed by atoms with van der Waals surface area (Å²) >= 11 is 0. The Morgan fingerprint density at radius 2 is 1.62 bits per heavy atom. The van der Waals surface area contributed by atoms with Crippen molar-refractivity contribution in [2.75, 3.05) is 16.4 Å². The summed E-state index contributed by atoms with van der Waals surface area (Å²) in [6.45, 7) is 3.68. The minimum atomic E-state index is -0.874. The van der Waals surface area contributed by atoms with E-state index in [1.54, 1.807) is 72.8 Å². The number of nitrogens with zero attached hydrogens (tertiary/aromatic N) is 1. The van der Waals surface area contributed by atoms with Gasteiger partial charge >= 0.3 is 6.09 Å². The van der Waals surface area contributed by atoms with Crippen LogP contribution in [0.4, 0.5) is 21.9 Å². The van der Waals surface area contributed by atoms with E-state index >= 15 is 0 Å². The molecule has 0 aliphatic heterocycles. The molecule has 8 nitrogen and oxygen atoms in total. The van der Waals surface area contributed by atoms with Gasteiger partial charge in [-0.05, 0) is 53.9 Å². The van der Waals surface area contributed by atoms with Gasteiger partial charge in [0.05, 0.1) is 23.0 Å². The van der Waals surface area contributed by atoms with Crippen LogP contribution >= 0.6 is 0 Å². The monoisotopic (exact) mass is 520 g/mol. The number of rotatable bonds is 7. The van der Waals surface area contributed by atoms with Gasteiger partial charge in [0.25, 0.3) is 0 Å². The summed E-state index contributed by atoms with van der Waals surface area (Å²) in [5.74, 6) is -0.291. The van der Waals surface area contributed by atoms with Gasteiger partial charge in [-0.15, -0.1) is 0 Å². The fourth-order valence-corrected chi connectivity index (χ4v) is 4.20. The van der Waals surface area contributed by atoms with Gasteiger partial charge in [-0.25, -0.2) is 4.79 Å². The highest BCUT2D eigenvalue weighted by Crippen LogP contribution is 2.42. The summed E-state index contributed by atoms with van der Waals surface area (Å²) in [6, 6.07) is 25.9. The fourth-order valence-electron chi connectivity index (χ4n) is 4.20. The first-order chi connectivity index (χ1) is 18.7. The van der Waals surface area contributed by atoms with Crippen LogP contribution in [0.25, 0.3) is 10.8 Å². The van der Waals surface area contributed by atoms with Gasteiger partial charge in [-0.2, -0.15) is 5.26 Å². The Kier molecular flexibility index (Phi) is 7.82. The number of hydrogen-bond acceptors (Lipinski definition) is 6. The molecule has 4 rings (SSSR count). The predicted octanol–water partition coefficient (Wildman–Crippen LogP) is 6.51. The molecular formula is C31H28N4O4. The second-order valence-electron chi connectivity index (χ2n) is 9.55. The molecule has 0 fully saturated rings. The Balaban J connectivity index is 1.65. The summed E-state index contributed by atoms with van der Waals surface area (Å²) < 4.78 is 5.98. The molecule has 0 aromatic heterocycles. The smallest absolute Gasteiger partial charge is 0.412 e. The molecule has 8 heteroatoms. The van der Waals surface area contributed by atoms with Crippen molar-refractivity contribution in [3.05, 3.63) is 108 Å². The van der Waals surface area contributed by atoms with Crippen molar-refractivity contribution in [2.45, 2.75) is 20.0 Å². The van der Waals surface area contributed by atoms with Crippen molar-refractivity contribution in [3.8, 4) is 11.8 Å². The van der Waals surface area contributed by atoms with E-state index in [0.717, 1.165) is 0 Å². The van der Waals surface area contributed by atoms with Gasteiger partial charge in [0.2, 0.25) is 5.91 Å². The first kappa shape index (κ1) is 26.8. The van der Waals surface area contributed by atoms with Crippen LogP contribution in [0.15, 0.2) is 97.1 Å². The van der Waals surface area contributed by atoms with Crippen LogP contribution in [-0.2, 0) is 9.53 Å². The van der Waals surface area contributed by atoms with Crippen molar-refractivity contribution >= 4 is 39.8 Å². The number of aromatic hydroxyl groups is 1. The lowest BCUT2D eigenvalue weighted by Gasteiger charge is -2.32. The first-order valence-corrected chi connectivity index (χ1v) is 12.2. The summed E-state index contributed by atoms with van der Waals surface area (Å²) in [7, 11) is 0. The van der Waals surface area contributed by atoms with Crippen LogP contribution in [-0.4, -0.2) is 17.1 Å². The van der Waals surface area contributed by atoms with Crippen molar-refractivity contribution in [3.63, 3.8) is 0 Å². The normalized spacial score (nSPS) is 12.0. The molecule has 196 valence electrons. The number of carbonyl (C=O) groups excluding carboxylic acids is 2. The number of phenols is 1. The number of para-hydroxylation sites is 2. The highest BCUT2D eigenvalue weighted by Gasteiger charge is 2.34. The highest BCUT2D eigenvalue weighted by atomic mass is 16.6.